The SMILES string of the molecule is CCCNC(c1ccc(CC)o1)C1CC1C. The van der Waals surface area contributed by atoms with Gasteiger partial charge in [0.05, 0.1) is 6.04 Å². The predicted octanol–water partition coefficient (Wildman–Crippen LogP) is 3.54. The van der Waals surface area contributed by atoms with Gasteiger partial charge in [0.1, 0.15) is 11.5 Å². The molecule has 1 saturated carbocycles. The summed E-state index contributed by atoms with van der Waals surface area (Å²) in [6, 6.07) is 4.70. The van der Waals surface area contributed by atoms with Crippen molar-refractivity contribution in [3.05, 3.63) is 23.7 Å². The second-order valence-corrected chi connectivity index (χ2v) is 4.97. The Hall–Kier alpha value is -0.760. The van der Waals surface area contributed by atoms with E-state index in [4.69, 9.17) is 4.42 Å². The van der Waals surface area contributed by atoms with Gasteiger partial charge in [0, 0.05) is 6.42 Å². The van der Waals surface area contributed by atoms with Gasteiger partial charge in [-0.2, -0.15) is 0 Å². The minimum absolute atomic E-state index is 0.440. The lowest BCUT2D eigenvalue weighted by atomic mass is 10.1. The van der Waals surface area contributed by atoms with Gasteiger partial charge in [-0.25, -0.2) is 0 Å². The number of rotatable bonds is 6. The van der Waals surface area contributed by atoms with Crippen molar-refractivity contribution < 1.29 is 4.42 Å². The molecule has 0 saturated heterocycles. The molecule has 1 aromatic heterocycles. The van der Waals surface area contributed by atoms with Gasteiger partial charge in [-0.05, 0) is 43.4 Å². The average molecular weight is 221 g/mol. The third-order valence-electron chi connectivity index (χ3n) is 3.55. The van der Waals surface area contributed by atoms with Crippen LogP contribution < -0.4 is 5.32 Å². The molecule has 0 spiro atoms. The topological polar surface area (TPSA) is 25.2 Å². The Labute approximate surface area is 98.4 Å². The molecule has 16 heavy (non-hydrogen) atoms. The number of aryl methyl sites for hydroxylation is 1. The van der Waals surface area contributed by atoms with Crippen LogP contribution in [0.15, 0.2) is 16.5 Å². The molecule has 0 bridgehead atoms. The second kappa shape index (κ2) is 5.05. The van der Waals surface area contributed by atoms with Crippen molar-refractivity contribution in [3.8, 4) is 0 Å². The fourth-order valence-electron chi connectivity index (χ4n) is 2.33. The Morgan fingerprint density at radius 3 is 2.69 bits per heavy atom. The molecule has 2 nitrogen and oxygen atoms in total. The van der Waals surface area contributed by atoms with Crippen LogP contribution in [0.1, 0.15) is 51.2 Å². The molecule has 3 unspecified atom stereocenters. The number of hydrogen-bond donors (Lipinski definition) is 1. The monoisotopic (exact) mass is 221 g/mol. The second-order valence-electron chi connectivity index (χ2n) is 4.97. The van der Waals surface area contributed by atoms with Crippen molar-refractivity contribution in [1.82, 2.24) is 5.32 Å². The van der Waals surface area contributed by atoms with E-state index in [1.54, 1.807) is 0 Å². The molecule has 1 N–H and O–H groups in total. The van der Waals surface area contributed by atoms with Crippen LogP contribution >= 0.6 is 0 Å². The van der Waals surface area contributed by atoms with Crippen molar-refractivity contribution in [2.24, 2.45) is 11.8 Å². The molecule has 0 aromatic carbocycles. The third-order valence-corrected chi connectivity index (χ3v) is 3.55. The van der Waals surface area contributed by atoms with Crippen molar-refractivity contribution in [3.63, 3.8) is 0 Å². The lowest BCUT2D eigenvalue weighted by molar-refractivity contribution is 0.361. The lowest BCUT2D eigenvalue weighted by Crippen LogP contribution is -2.23. The number of nitrogens with one attached hydrogen (secondary N) is 1. The van der Waals surface area contributed by atoms with E-state index < -0.39 is 0 Å². The highest BCUT2D eigenvalue weighted by molar-refractivity contribution is 5.14. The molecule has 1 heterocycles. The molecular formula is C14H23NO. The van der Waals surface area contributed by atoms with E-state index in [1.807, 2.05) is 0 Å². The predicted molar refractivity (Wildman–Crippen MR) is 66.4 cm³/mol. The molecule has 0 amide bonds. The number of hydrogen-bond acceptors (Lipinski definition) is 2. The Kier molecular flexibility index (Phi) is 3.70. The summed E-state index contributed by atoms with van der Waals surface area (Å²) in [6.45, 7) is 7.75. The van der Waals surface area contributed by atoms with E-state index in [1.165, 1.54) is 12.8 Å². The van der Waals surface area contributed by atoms with E-state index in [0.717, 1.165) is 36.3 Å². The highest BCUT2D eigenvalue weighted by Gasteiger charge is 2.41. The maximum atomic E-state index is 5.88. The van der Waals surface area contributed by atoms with Crippen LogP contribution in [0.2, 0.25) is 0 Å². The molecule has 2 rings (SSSR count). The van der Waals surface area contributed by atoms with Crippen molar-refractivity contribution in [2.75, 3.05) is 6.54 Å². The molecule has 0 aliphatic heterocycles. The minimum atomic E-state index is 0.440. The van der Waals surface area contributed by atoms with E-state index >= 15 is 0 Å². The molecule has 1 aromatic rings. The van der Waals surface area contributed by atoms with E-state index in [-0.39, 0.29) is 0 Å². The zero-order chi connectivity index (χ0) is 11.5. The zero-order valence-corrected chi connectivity index (χ0v) is 10.6. The van der Waals surface area contributed by atoms with Crippen LogP contribution in [-0.4, -0.2) is 6.54 Å². The summed E-state index contributed by atoms with van der Waals surface area (Å²) >= 11 is 0. The molecule has 2 heteroatoms. The fraction of sp³-hybridized carbons (Fsp3) is 0.714. The average Bonchev–Trinajstić information content (AvgIpc) is 2.83. The quantitative estimate of drug-likeness (QED) is 0.795. The first-order valence-electron chi connectivity index (χ1n) is 6.58. The summed E-state index contributed by atoms with van der Waals surface area (Å²) in [6.07, 6.45) is 3.50. The van der Waals surface area contributed by atoms with Gasteiger partial charge in [-0.15, -0.1) is 0 Å². The maximum absolute atomic E-state index is 5.88. The summed E-state index contributed by atoms with van der Waals surface area (Å²) in [5.41, 5.74) is 0. The Morgan fingerprint density at radius 2 is 2.19 bits per heavy atom. The fourth-order valence-corrected chi connectivity index (χ4v) is 2.33. The molecule has 1 aliphatic carbocycles. The van der Waals surface area contributed by atoms with E-state index in [9.17, 15) is 0 Å². The third kappa shape index (κ3) is 2.49. The summed E-state index contributed by atoms with van der Waals surface area (Å²) in [4.78, 5) is 0. The minimum Gasteiger partial charge on any atom is -0.464 e. The van der Waals surface area contributed by atoms with Crippen molar-refractivity contribution in [2.45, 2.75) is 46.1 Å². The van der Waals surface area contributed by atoms with Crippen molar-refractivity contribution in [1.29, 1.82) is 0 Å². The first-order chi connectivity index (χ1) is 7.76. The van der Waals surface area contributed by atoms with E-state index in [0.29, 0.717) is 6.04 Å². The summed E-state index contributed by atoms with van der Waals surface area (Å²) in [7, 11) is 0. The Balaban J connectivity index is 2.05. The van der Waals surface area contributed by atoms with Crippen molar-refractivity contribution >= 4 is 0 Å². The summed E-state index contributed by atoms with van der Waals surface area (Å²) in [5, 5.41) is 3.62. The summed E-state index contributed by atoms with van der Waals surface area (Å²) in [5.74, 6) is 3.87. The lowest BCUT2D eigenvalue weighted by Gasteiger charge is -2.15. The van der Waals surface area contributed by atoms with Gasteiger partial charge in [-0.3, -0.25) is 0 Å². The van der Waals surface area contributed by atoms with Gasteiger partial charge in [-0.1, -0.05) is 20.8 Å². The van der Waals surface area contributed by atoms with Crippen LogP contribution in [-0.2, 0) is 6.42 Å². The van der Waals surface area contributed by atoms with Gasteiger partial charge in [0.25, 0.3) is 0 Å². The molecule has 3 atom stereocenters. The van der Waals surface area contributed by atoms with Crippen LogP contribution in [0, 0.1) is 11.8 Å². The standard InChI is InChI=1S/C14H23NO/c1-4-8-15-14(12-9-10(12)3)13-7-6-11(5-2)16-13/h6-7,10,12,14-15H,4-5,8-9H2,1-3H3. The first kappa shape index (κ1) is 11.7. The molecular weight excluding hydrogens is 198 g/mol. The Bertz CT molecular complexity index is 331. The zero-order valence-electron chi connectivity index (χ0n) is 10.6. The van der Waals surface area contributed by atoms with Gasteiger partial charge in [0.2, 0.25) is 0 Å². The Morgan fingerprint density at radius 1 is 1.44 bits per heavy atom. The van der Waals surface area contributed by atoms with Crippen LogP contribution in [0.3, 0.4) is 0 Å². The highest BCUT2D eigenvalue weighted by Crippen LogP contribution is 2.47. The normalized spacial score (nSPS) is 25.7. The molecule has 1 aliphatic rings. The molecule has 1 fully saturated rings. The smallest absolute Gasteiger partial charge is 0.121 e. The maximum Gasteiger partial charge on any atom is 0.121 e. The van der Waals surface area contributed by atoms with Crippen LogP contribution in [0.4, 0.5) is 0 Å². The molecule has 0 radical (unpaired) electrons. The van der Waals surface area contributed by atoms with Gasteiger partial charge < -0.3 is 9.73 Å². The highest BCUT2D eigenvalue weighted by atomic mass is 16.3. The number of furan rings is 1. The first-order valence-corrected chi connectivity index (χ1v) is 6.58. The largest absolute Gasteiger partial charge is 0.464 e. The van der Waals surface area contributed by atoms with Gasteiger partial charge in [0.15, 0.2) is 0 Å². The van der Waals surface area contributed by atoms with E-state index in [2.05, 4.69) is 38.2 Å². The van der Waals surface area contributed by atoms with Crippen LogP contribution in [0.5, 0.6) is 0 Å². The van der Waals surface area contributed by atoms with Crippen LogP contribution in [0.25, 0.3) is 0 Å². The summed E-state index contributed by atoms with van der Waals surface area (Å²) < 4.78 is 5.88. The van der Waals surface area contributed by atoms with Gasteiger partial charge >= 0.3 is 0 Å². The molecule has 90 valence electrons.